The quantitative estimate of drug-likeness (QED) is 0.736. The number of aromatic amines is 1. The molecule has 0 radical (unpaired) electrons. The number of ether oxygens (including phenoxy) is 1. The Hall–Kier alpha value is -2.90. The van der Waals surface area contributed by atoms with Gasteiger partial charge < -0.3 is 19.5 Å². The number of aromatic nitrogens is 3. The molecule has 31 heavy (non-hydrogen) atoms. The number of anilines is 1. The molecule has 2 aromatic heterocycles. The van der Waals surface area contributed by atoms with Crippen molar-refractivity contribution in [2.75, 3.05) is 31.1 Å². The minimum absolute atomic E-state index is 0.0921. The van der Waals surface area contributed by atoms with Gasteiger partial charge in [-0.25, -0.2) is 14.8 Å². The summed E-state index contributed by atoms with van der Waals surface area (Å²) in [6, 6.07) is 1.99. The van der Waals surface area contributed by atoms with Crippen LogP contribution in [0.25, 0.3) is 0 Å². The number of esters is 1. The normalized spacial score (nSPS) is 14.5. The Kier molecular flexibility index (Phi) is 6.67. The van der Waals surface area contributed by atoms with E-state index < -0.39 is 5.97 Å². The smallest absolute Gasteiger partial charge is 0.340 e. The Bertz CT molecular complexity index is 972. The average molecular weight is 428 g/mol. The van der Waals surface area contributed by atoms with Crippen molar-refractivity contribution in [1.29, 1.82) is 0 Å². The summed E-state index contributed by atoms with van der Waals surface area (Å²) in [6.45, 7) is 15.9. The molecule has 8 heteroatoms. The van der Waals surface area contributed by atoms with Gasteiger partial charge in [-0.15, -0.1) is 0 Å². The molecule has 0 atom stereocenters. The van der Waals surface area contributed by atoms with Crippen LogP contribution in [0.2, 0.25) is 0 Å². The molecular weight excluding hydrogens is 394 g/mol. The summed E-state index contributed by atoms with van der Waals surface area (Å²) in [7, 11) is 0. The maximum atomic E-state index is 13.2. The van der Waals surface area contributed by atoms with Gasteiger partial charge in [0.2, 0.25) is 0 Å². The molecule has 1 fully saturated rings. The van der Waals surface area contributed by atoms with E-state index in [0.717, 1.165) is 17.3 Å². The molecule has 1 N–H and O–H groups in total. The van der Waals surface area contributed by atoms with Crippen molar-refractivity contribution in [3.63, 3.8) is 0 Å². The van der Waals surface area contributed by atoms with Gasteiger partial charge in [0.25, 0.3) is 5.91 Å². The molecule has 1 amide bonds. The first-order valence-electron chi connectivity index (χ1n) is 10.9. The Balaban J connectivity index is 1.72. The molecule has 3 rings (SSSR count). The number of hydrogen-bond acceptors (Lipinski definition) is 6. The second-order valence-electron chi connectivity index (χ2n) is 8.74. The van der Waals surface area contributed by atoms with Crippen LogP contribution in [0.5, 0.6) is 0 Å². The largest absolute Gasteiger partial charge is 0.459 e. The van der Waals surface area contributed by atoms with E-state index >= 15 is 0 Å². The summed E-state index contributed by atoms with van der Waals surface area (Å²) in [5.74, 6) is 1.52. The number of piperazine rings is 1. The lowest BCUT2D eigenvalue weighted by Gasteiger charge is -2.35. The van der Waals surface area contributed by atoms with Crippen molar-refractivity contribution in [2.24, 2.45) is 0 Å². The van der Waals surface area contributed by atoms with Gasteiger partial charge in [-0.05, 0) is 40.2 Å². The summed E-state index contributed by atoms with van der Waals surface area (Å²) in [5.41, 5.74) is 3.16. The molecule has 3 heterocycles. The van der Waals surface area contributed by atoms with Crippen molar-refractivity contribution >= 4 is 17.7 Å². The number of nitrogens with zero attached hydrogens (tertiary/aromatic N) is 4. The number of amides is 1. The molecule has 0 spiro atoms. The number of nitrogens with one attached hydrogen (secondary N) is 1. The second kappa shape index (κ2) is 9.08. The van der Waals surface area contributed by atoms with E-state index in [1.165, 1.54) is 0 Å². The minimum Gasteiger partial charge on any atom is -0.459 e. The predicted molar refractivity (Wildman–Crippen MR) is 120 cm³/mol. The van der Waals surface area contributed by atoms with Gasteiger partial charge in [-0.2, -0.15) is 0 Å². The minimum atomic E-state index is -0.398. The van der Waals surface area contributed by atoms with Crippen LogP contribution in [0.4, 0.5) is 5.82 Å². The number of rotatable bonds is 5. The van der Waals surface area contributed by atoms with Crippen LogP contribution in [-0.2, 0) is 4.74 Å². The zero-order chi connectivity index (χ0) is 22.9. The monoisotopic (exact) mass is 427 g/mol. The Morgan fingerprint density at radius 3 is 2.26 bits per heavy atom. The van der Waals surface area contributed by atoms with Crippen LogP contribution in [0.1, 0.15) is 77.2 Å². The molecular formula is C23H33N5O3. The molecule has 168 valence electrons. The maximum Gasteiger partial charge on any atom is 0.340 e. The molecule has 1 aliphatic heterocycles. The molecule has 2 aromatic rings. The van der Waals surface area contributed by atoms with Gasteiger partial charge in [-0.3, -0.25) is 4.79 Å². The fourth-order valence-electron chi connectivity index (χ4n) is 3.83. The number of aryl methyl sites for hydroxylation is 2. The molecule has 0 bridgehead atoms. The van der Waals surface area contributed by atoms with Gasteiger partial charge in [0, 0.05) is 49.6 Å². The van der Waals surface area contributed by atoms with E-state index in [-0.39, 0.29) is 17.9 Å². The summed E-state index contributed by atoms with van der Waals surface area (Å²) >= 11 is 0. The van der Waals surface area contributed by atoms with Gasteiger partial charge in [0.05, 0.1) is 11.7 Å². The van der Waals surface area contributed by atoms with E-state index in [4.69, 9.17) is 9.72 Å². The van der Waals surface area contributed by atoms with Crippen molar-refractivity contribution in [3.8, 4) is 0 Å². The first-order valence-corrected chi connectivity index (χ1v) is 10.9. The number of carbonyl (C=O) groups excluding carboxylic acids is 2. The SMILES string of the molecule is Cc1cc(N2CCN(C(=O)c3[nH]c(C)c(C(=O)OC(C)C)c3C)CC2)nc(C(C)C)n1. The van der Waals surface area contributed by atoms with Crippen LogP contribution in [-0.4, -0.2) is 64.0 Å². The van der Waals surface area contributed by atoms with E-state index in [1.54, 1.807) is 13.8 Å². The molecule has 1 saturated heterocycles. The van der Waals surface area contributed by atoms with Crippen molar-refractivity contribution < 1.29 is 14.3 Å². The van der Waals surface area contributed by atoms with Crippen LogP contribution in [0.15, 0.2) is 6.07 Å². The molecule has 1 aliphatic rings. The zero-order valence-corrected chi connectivity index (χ0v) is 19.6. The second-order valence-corrected chi connectivity index (χ2v) is 8.74. The lowest BCUT2D eigenvalue weighted by Crippen LogP contribution is -2.49. The predicted octanol–water partition coefficient (Wildman–Crippen LogP) is 3.38. The Morgan fingerprint density at radius 2 is 1.68 bits per heavy atom. The van der Waals surface area contributed by atoms with Gasteiger partial charge in [0.1, 0.15) is 17.3 Å². The third-order valence-corrected chi connectivity index (χ3v) is 5.46. The zero-order valence-electron chi connectivity index (χ0n) is 19.6. The lowest BCUT2D eigenvalue weighted by molar-refractivity contribution is 0.0376. The number of carbonyl (C=O) groups is 2. The van der Waals surface area contributed by atoms with Crippen LogP contribution < -0.4 is 4.90 Å². The summed E-state index contributed by atoms with van der Waals surface area (Å²) in [6.07, 6.45) is -0.213. The van der Waals surface area contributed by atoms with E-state index in [1.807, 2.05) is 31.7 Å². The van der Waals surface area contributed by atoms with Crippen LogP contribution >= 0.6 is 0 Å². The highest BCUT2D eigenvalue weighted by Crippen LogP contribution is 2.23. The Labute approximate surface area is 184 Å². The Morgan fingerprint density at radius 1 is 1.03 bits per heavy atom. The number of hydrogen-bond donors (Lipinski definition) is 1. The third kappa shape index (κ3) is 4.89. The molecule has 0 aliphatic carbocycles. The average Bonchev–Trinajstić information content (AvgIpc) is 3.00. The van der Waals surface area contributed by atoms with E-state index in [0.29, 0.717) is 48.7 Å². The van der Waals surface area contributed by atoms with E-state index in [2.05, 4.69) is 28.7 Å². The topological polar surface area (TPSA) is 91.4 Å². The van der Waals surface area contributed by atoms with Crippen LogP contribution in [0, 0.1) is 20.8 Å². The molecule has 0 unspecified atom stereocenters. The highest BCUT2D eigenvalue weighted by Gasteiger charge is 2.29. The molecule has 0 saturated carbocycles. The van der Waals surface area contributed by atoms with Gasteiger partial charge >= 0.3 is 5.97 Å². The number of H-pyrrole nitrogens is 1. The van der Waals surface area contributed by atoms with Crippen molar-refractivity contribution in [2.45, 2.75) is 60.5 Å². The van der Waals surface area contributed by atoms with Gasteiger partial charge in [0.15, 0.2) is 0 Å². The highest BCUT2D eigenvalue weighted by atomic mass is 16.5. The van der Waals surface area contributed by atoms with E-state index in [9.17, 15) is 9.59 Å². The first-order chi connectivity index (χ1) is 14.6. The maximum absolute atomic E-state index is 13.2. The summed E-state index contributed by atoms with van der Waals surface area (Å²) in [5, 5.41) is 0. The van der Waals surface area contributed by atoms with Crippen molar-refractivity contribution in [1.82, 2.24) is 19.9 Å². The molecule has 0 aromatic carbocycles. The van der Waals surface area contributed by atoms with Crippen molar-refractivity contribution in [3.05, 3.63) is 40.1 Å². The standard InChI is InChI=1S/C23H33N5O3/c1-13(2)21-24-15(5)12-18(26-21)27-8-10-28(11-9-27)22(29)20-16(6)19(17(7)25-20)23(30)31-14(3)4/h12-14,25H,8-11H2,1-7H3. The lowest BCUT2D eigenvalue weighted by atomic mass is 10.1. The highest BCUT2D eigenvalue weighted by molar-refractivity contribution is 6.00. The third-order valence-electron chi connectivity index (χ3n) is 5.46. The first kappa shape index (κ1) is 22.8. The molecule has 8 nitrogen and oxygen atoms in total. The fourth-order valence-corrected chi connectivity index (χ4v) is 3.83. The van der Waals surface area contributed by atoms with Crippen LogP contribution in [0.3, 0.4) is 0 Å². The summed E-state index contributed by atoms with van der Waals surface area (Å²) in [4.78, 5) is 42.0. The van der Waals surface area contributed by atoms with Gasteiger partial charge in [-0.1, -0.05) is 13.8 Å². The summed E-state index contributed by atoms with van der Waals surface area (Å²) < 4.78 is 5.33. The fraction of sp³-hybridized carbons (Fsp3) is 0.565.